The van der Waals surface area contributed by atoms with Gasteiger partial charge in [-0.05, 0) is 42.9 Å². The van der Waals surface area contributed by atoms with Crippen molar-refractivity contribution in [1.82, 2.24) is 15.5 Å². The molecule has 2 aromatic carbocycles. The highest BCUT2D eigenvalue weighted by atomic mass is 16.5. The SMILES string of the molecule is CN=C(NCC1CCN(c2ccccc2OC)C1)NC1CCN(Cc2ccccc2)CC1. The fourth-order valence-corrected chi connectivity index (χ4v) is 4.82. The molecule has 2 aliphatic rings. The first-order valence-electron chi connectivity index (χ1n) is 11.9. The van der Waals surface area contributed by atoms with Gasteiger partial charge < -0.3 is 20.3 Å². The summed E-state index contributed by atoms with van der Waals surface area (Å²) in [6.07, 6.45) is 3.48. The van der Waals surface area contributed by atoms with Gasteiger partial charge in [-0.2, -0.15) is 0 Å². The molecule has 2 fully saturated rings. The molecule has 0 amide bonds. The van der Waals surface area contributed by atoms with Crippen molar-refractivity contribution in [3.05, 3.63) is 60.2 Å². The molecule has 2 saturated heterocycles. The number of nitrogens with one attached hydrogen (secondary N) is 2. The summed E-state index contributed by atoms with van der Waals surface area (Å²) in [5, 5.41) is 7.23. The standard InChI is InChI=1S/C26H37N5O/c1-27-26(29-23-13-15-30(16-14-23)19-21-8-4-3-5-9-21)28-18-22-12-17-31(20-22)24-10-6-7-11-25(24)32-2/h3-11,22-23H,12-20H2,1-2H3,(H2,27,28,29). The Morgan fingerprint density at radius 3 is 2.50 bits per heavy atom. The van der Waals surface area contributed by atoms with E-state index in [0.29, 0.717) is 12.0 Å². The van der Waals surface area contributed by atoms with Crippen LogP contribution in [0.2, 0.25) is 0 Å². The Morgan fingerprint density at radius 2 is 1.75 bits per heavy atom. The minimum absolute atomic E-state index is 0.488. The Morgan fingerprint density at radius 1 is 1.00 bits per heavy atom. The lowest BCUT2D eigenvalue weighted by molar-refractivity contribution is 0.198. The van der Waals surface area contributed by atoms with Crippen LogP contribution in [-0.2, 0) is 6.54 Å². The van der Waals surface area contributed by atoms with Gasteiger partial charge in [0.2, 0.25) is 0 Å². The molecular formula is C26H37N5O. The zero-order chi connectivity index (χ0) is 22.2. The first-order chi connectivity index (χ1) is 15.7. The molecular weight excluding hydrogens is 398 g/mol. The molecule has 0 bridgehead atoms. The first kappa shape index (κ1) is 22.5. The lowest BCUT2D eigenvalue weighted by Crippen LogP contribution is -2.49. The third kappa shape index (κ3) is 5.94. The van der Waals surface area contributed by atoms with Gasteiger partial charge in [-0.15, -0.1) is 0 Å². The second-order valence-electron chi connectivity index (χ2n) is 8.91. The summed E-state index contributed by atoms with van der Waals surface area (Å²) >= 11 is 0. The van der Waals surface area contributed by atoms with Gasteiger partial charge >= 0.3 is 0 Å². The molecule has 172 valence electrons. The van der Waals surface area contributed by atoms with Crippen LogP contribution in [0, 0.1) is 5.92 Å². The van der Waals surface area contributed by atoms with Crippen molar-refractivity contribution in [2.24, 2.45) is 10.9 Å². The summed E-state index contributed by atoms with van der Waals surface area (Å²) in [5.41, 5.74) is 2.59. The van der Waals surface area contributed by atoms with Crippen molar-refractivity contribution in [3.8, 4) is 5.75 Å². The molecule has 32 heavy (non-hydrogen) atoms. The Kier molecular flexibility index (Phi) is 7.88. The highest BCUT2D eigenvalue weighted by Gasteiger charge is 2.25. The average Bonchev–Trinajstić information content (AvgIpc) is 3.32. The normalized spacial score (nSPS) is 20.4. The summed E-state index contributed by atoms with van der Waals surface area (Å²) in [4.78, 5) is 9.47. The van der Waals surface area contributed by atoms with Crippen molar-refractivity contribution < 1.29 is 4.74 Å². The number of aliphatic imine (C=N–C) groups is 1. The number of ether oxygens (including phenoxy) is 1. The minimum Gasteiger partial charge on any atom is -0.495 e. The van der Waals surface area contributed by atoms with Crippen LogP contribution in [0.25, 0.3) is 0 Å². The molecule has 0 spiro atoms. The van der Waals surface area contributed by atoms with Crippen LogP contribution in [0.1, 0.15) is 24.8 Å². The van der Waals surface area contributed by atoms with Crippen LogP contribution in [0.5, 0.6) is 5.75 Å². The smallest absolute Gasteiger partial charge is 0.191 e. The number of rotatable bonds is 7. The predicted octanol–water partition coefficient (Wildman–Crippen LogP) is 3.35. The summed E-state index contributed by atoms with van der Waals surface area (Å²) < 4.78 is 5.54. The van der Waals surface area contributed by atoms with Crippen LogP contribution >= 0.6 is 0 Å². The van der Waals surface area contributed by atoms with E-state index in [9.17, 15) is 0 Å². The monoisotopic (exact) mass is 435 g/mol. The van der Waals surface area contributed by atoms with Gasteiger partial charge in [0.15, 0.2) is 5.96 Å². The number of methoxy groups -OCH3 is 1. The molecule has 4 rings (SSSR count). The lowest BCUT2D eigenvalue weighted by atomic mass is 10.0. The van der Waals surface area contributed by atoms with E-state index in [4.69, 9.17) is 4.74 Å². The van der Waals surface area contributed by atoms with Crippen molar-refractivity contribution in [3.63, 3.8) is 0 Å². The van der Waals surface area contributed by atoms with Crippen LogP contribution in [0.3, 0.4) is 0 Å². The van der Waals surface area contributed by atoms with Gasteiger partial charge in [0.1, 0.15) is 5.75 Å². The molecule has 2 N–H and O–H groups in total. The Labute approximate surface area is 192 Å². The molecule has 0 aromatic heterocycles. The number of piperidine rings is 1. The summed E-state index contributed by atoms with van der Waals surface area (Å²) in [7, 11) is 3.62. The van der Waals surface area contributed by atoms with E-state index < -0.39 is 0 Å². The van der Waals surface area contributed by atoms with E-state index in [1.165, 1.54) is 17.7 Å². The van der Waals surface area contributed by atoms with E-state index in [-0.39, 0.29) is 0 Å². The third-order valence-corrected chi connectivity index (χ3v) is 6.67. The van der Waals surface area contributed by atoms with Crippen LogP contribution < -0.4 is 20.3 Å². The molecule has 0 radical (unpaired) electrons. The summed E-state index contributed by atoms with van der Waals surface area (Å²) in [6, 6.07) is 19.6. The molecule has 1 unspecified atom stereocenters. The molecule has 0 saturated carbocycles. The second kappa shape index (κ2) is 11.2. The summed E-state index contributed by atoms with van der Waals surface area (Å²) in [5.74, 6) is 2.49. The zero-order valence-corrected chi connectivity index (χ0v) is 19.5. The highest BCUT2D eigenvalue weighted by molar-refractivity contribution is 5.80. The maximum Gasteiger partial charge on any atom is 0.191 e. The van der Waals surface area contributed by atoms with E-state index in [2.05, 4.69) is 67.9 Å². The van der Waals surface area contributed by atoms with E-state index in [0.717, 1.165) is 63.8 Å². The molecule has 2 aromatic rings. The van der Waals surface area contributed by atoms with Crippen molar-refractivity contribution in [2.45, 2.75) is 31.8 Å². The number of anilines is 1. The largest absolute Gasteiger partial charge is 0.495 e. The zero-order valence-electron chi connectivity index (χ0n) is 19.5. The third-order valence-electron chi connectivity index (χ3n) is 6.67. The molecule has 2 aliphatic heterocycles. The summed E-state index contributed by atoms with van der Waals surface area (Å²) in [6.45, 7) is 6.35. The lowest BCUT2D eigenvalue weighted by Gasteiger charge is -2.33. The maximum absolute atomic E-state index is 5.54. The van der Waals surface area contributed by atoms with Crippen molar-refractivity contribution in [1.29, 1.82) is 0 Å². The number of hydrogen-bond donors (Lipinski definition) is 2. The van der Waals surface area contributed by atoms with Gasteiger partial charge in [0.05, 0.1) is 12.8 Å². The number of nitrogens with zero attached hydrogens (tertiary/aromatic N) is 3. The van der Waals surface area contributed by atoms with Gasteiger partial charge in [0, 0.05) is 52.4 Å². The van der Waals surface area contributed by atoms with Gasteiger partial charge in [-0.25, -0.2) is 0 Å². The molecule has 0 aliphatic carbocycles. The Hall–Kier alpha value is -2.73. The highest BCUT2D eigenvalue weighted by Crippen LogP contribution is 2.31. The van der Waals surface area contributed by atoms with E-state index in [1.807, 2.05) is 19.2 Å². The predicted molar refractivity (Wildman–Crippen MR) is 133 cm³/mol. The van der Waals surface area contributed by atoms with Crippen molar-refractivity contribution >= 4 is 11.6 Å². The van der Waals surface area contributed by atoms with E-state index >= 15 is 0 Å². The van der Waals surface area contributed by atoms with Gasteiger partial charge in [-0.1, -0.05) is 42.5 Å². The maximum atomic E-state index is 5.54. The fourth-order valence-electron chi connectivity index (χ4n) is 4.82. The Balaban J connectivity index is 1.19. The van der Waals surface area contributed by atoms with Crippen LogP contribution in [-0.4, -0.2) is 63.8 Å². The fraction of sp³-hybridized carbons (Fsp3) is 0.500. The molecule has 2 heterocycles. The van der Waals surface area contributed by atoms with Gasteiger partial charge in [0.25, 0.3) is 0 Å². The van der Waals surface area contributed by atoms with Crippen LogP contribution in [0.4, 0.5) is 5.69 Å². The minimum atomic E-state index is 0.488. The Bertz CT molecular complexity index is 864. The molecule has 1 atom stereocenters. The van der Waals surface area contributed by atoms with Gasteiger partial charge in [-0.3, -0.25) is 9.89 Å². The van der Waals surface area contributed by atoms with Crippen LogP contribution in [0.15, 0.2) is 59.6 Å². The number of para-hydroxylation sites is 2. The number of guanidine groups is 1. The quantitative estimate of drug-likeness (QED) is 0.516. The number of hydrogen-bond acceptors (Lipinski definition) is 4. The number of benzene rings is 2. The molecule has 6 nitrogen and oxygen atoms in total. The second-order valence-corrected chi connectivity index (χ2v) is 8.91. The number of likely N-dealkylation sites (tertiary alicyclic amines) is 1. The van der Waals surface area contributed by atoms with Crippen molar-refractivity contribution in [2.75, 3.05) is 51.8 Å². The topological polar surface area (TPSA) is 52.1 Å². The average molecular weight is 436 g/mol. The first-order valence-corrected chi connectivity index (χ1v) is 11.9. The molecule has 6 heteroatoms. The van der Waals surface area contributed by atoms with E-state index in [1.54, 1.807) is 7.11 Å².